The molecular formula is C23H31N5O2. The number of aryl methyl sites for hydroxylation is 1. The van der Waals surface area contributed by atoms with Gasteiger partial charge < -0.3 is 14.3 Å². The van der Waals surface area contributed by atoms with Crippen molar-refractivity contribution in [2.75, 3.05) is 44.2 Å². The highest BCUT2D eigenvalue weighted by Crippen LogP contribution is 2.29. The van der Waals surface area contributed by atoms with Crippen LogP contribution in [0.5, 0.6) is 0 Å². The lowest BCUT2D eigenvalue weighted by Gasteiger charge is -2.36. The second kappa shape index (κ2) is 8.38. The highest BCUT2D eigenvalue weighted by atomic mass is 16.5. The number of carbonyl (C=O) groups is 1. The first kappa shape index (κ1) is 19.5. The summed E-state index contributed by atoms with van der Waals surface area (Å²) in [5, 5.41) is 3.85. The Kier molecular flexibility index (Phi) is 5.46. The molecule has 0 spiro atoms. The van der Waals surface area contributed by atoms with Gasteiger partial charge in [0.15, 0.2) is 5.82 Å². The smallest absolute Gasteiger partial charge is 0.257 e. The SMILES string of the molecule is Cc1noc(-c2ccc(N3CCC(C(=O)N4CCCN(C5CCC5)CC4)C3)cc2)n1. The topological polar surface area (TPSA) is 65.7 Å². The zero-order chi connectivity index (χ0) is 20.5. The van der Waals surface area contributed by atoms with Crippen molar-refractivity contribution >= 4 is 11.6 Å². The molecule has 2 saturated heterocycles. The standard InChI is InChI=1S/C23H31N5O2/c1-17-24-22(30-25-17)18-6-8-21(9-7-18)28-13-10-19(16-28)23(29)27-12-3-11-26(14-15-27)20-4-2-5-20/h6-9,19-20H,2-5,10-16H2,1H3. The Morgan fingerprint density at radius 2 is 1.83 bits per heavy atom. The van der Waals surface area contributed by atoms with E-state index in [2.05, 4.69) is 37.0 Å². The lowest BCUT2D eigenvalue weighted by atomic mass is 9.91. The number of rotatable bonds is 4. The first-order valence-electron chi connectivity index (χ1n) is 11.4. The van der Waals surface area contributed by atoms with Crippen molar-refractivity contribution in [1.82, 2.24) is 19.9 Å². The predicted molar refractivity (Wildman–Crippen MR) is 115 cm³/mol. The van der Waals surface area contributed by atoms with Crippen LogP contribution in [-0.4, -0.2) is 71.2 Å². The molecule has 7 nitrogen and oxygen atoms in total. The number of hydrogen-bond acceptors (Lipinski definition) is 6. The highest BCUT2D eigenvalue weighted by Gasteiger charge is 2.33. The Morgan fingerprint density at radius 1 is 1.00 bits per heavy atom. The summed E-state index contributed by atoms with van der Waals surface area (Å²) in [4.78, 5) is 24.5. The molecule has 1 unspecified atom stereocenters. The first-order chi connectivity index (χ1) is 14.7. The van der Waals surface area contributed by atoms with Gasteiger partial charge in [-0.1, -0.05) is 11.6 Å². The van der Waals surface area contributed by atoms with E-state index in [-0.39, 0.29) is 5.92 Å². The Hall–Kier alpha value is -2.41. The van der Waals surface area contributed by atoms with Crippen LogP contribution in [0.25, 0.3) is 11.5 Å². The third-order valence-corrected chi connectivity index (χ3v) is 6.98. The van der Waals surface area contributed by atoms with Gasteiger partial charge in [0, 0.05) is 56.6 Å². The van der Waals surface area contributed by atoms with E-state index in [4.69, 9.17) is 4.52 Å². The van der Waals surface area contributed by atoms with Crippen molar-refractivity contribution in [2.24, 2.45) is 5.92 Å². The van der Waals surface area contributed by atoms with Crippen LogP contribution in [0.1, 0.15) is 37.9 Å². The molecule has 2 aliphatic heterocycles. The van der Waals surface area contributed by atoms with E-state index in [0.29, 0.717) is 17.6 Å². The van der Waals surface area contributed by atoms with Gasteiger partial charge in [0.25, 0.3) is 5.89 Å². The van der Waals surface area contributed by atoms with Crippen molar-refractivity contribution in [2.45, 2.75) is 45.1 Å². The minimum Gasteiger partial charge on any atom is -0.371 e. The number of carbonyl (C=O) groups excluding carboxylic acids is 1. The monoisotopic (exact) mass is 409 g/mol. The average molecular weight is 410 g/mol. The molecule has 1 aromatic heterocycles. The van der Waals surface area contributed by atoms with E-state index in [1.165, 1.54) is 19.3 Å². The minimum absolute atomic E-state index is 0.110. The Balaban J connectivity index is 1.17. The zero-order valence-electron chi connectivity index (χ0n) is 17.8. The molecule has 2 aromatic rings. The molecule has 160 valence electrons. The van der Waals surface area contributed by atoms with Crippen molar-refractivity contribution in [1.29, 1.82) is 0 Å². The van der Waals surface area contributed by atoms with Crippen molar-refractivity contribution < 1.29 is 9.32 Å². The molecule has 3 aliphatic rings. The molecule has 5 rings (SSSR count). The van der Waals surface area contributed by atoms with Gasteiger partial charge in [0.2, 0.25) is 5.91 Å². The number of hydrogen-bond donors (Lipinski definition) is 0. The highest BCUT2D eigenvalue weighted by molar-refractivity contribution is 5.80. The third kappa shape index (κ3) is 3.95. The normalized spacial score (nSPS) is 23.4. The molecule has 7 heteroatoms. The summed E-state index contributed by atoms with van der Waals surface area (Å²) in [6.07, 6.45) is 6.10. The Bertz CT molecular complexity index is 876. The van der Waals surface area contributed by atoms with Gasteiger partial charge in [-0.25, -0.2) is 0 Å². The molecule has 0 radical (unpaired) electrons. The van der Waals surface area contributed by atoms with Gasteiger partial charge >= 0.3 is 0 Å². The van der Waals surface area contributed by atoms with Crippen LogP contribution in [0.4, 0.5) is 5.69 Å². The summed E-state index contributed by atoms with van der Waals surface area (Å²) >= 11 is 0. The van der Waals surface area contributed by atoms with Crippen molar-refractivity contribution in [3.05, 3.63) is 30.1 Å². The van der Waals surface area contributed by atoms with E-state index < -0.39 is 0 Å². The molecule has 30 heavy (non-hydrogen) atoms. The summed E-state index contributed by atoms with van der Waals surface area (Å²) in [5.41, 5.74) is 2.07. The fourth-order valence-corrected chi connectivity index (χ4v) is 4.96. The van der Waals surface area contributed by atoms with Crippen LogP contribution in [0, 0.1) is 12.8 Å². The van der Waals surface area contributed by atoms with E-state index in [0.717, 1.165) is 69.4 Å². The van der Waals surface area contributed by atoms with Crippen LogP contribution in [0.3, 0.4) is 0 Å². The number of anilines is 1. The molecule has 0 bridgehead atoms. The molecule has 3 fully saturated rings. The Morgan fingerprint density at radius 3 is 2.53 bits per heavy atom. The summed E-state index contributed by atoms with van der Waals surface area (Å²) in [6.45, 7) is 7.55. The average Bonchev–Trinajstić information content (AvgIpc) is 3.32. The summed E-state index contributed by atoms with van der Waals surface area (Å²) in [5.74, 6) is 1.65. The molecule has 1 amide bonds. The second-order valence-corrected chi connectivity index (χ2v) is 8.92. The van der Waals surface area contributed by atoms with Gasteiger partial charge in [0.1, 0.15) is 0 Å². The van der Waals surface area contributed by atoms with Crippen molar-refractivity contribution in [3.8, 4) is 11.5 Å². The summed E-state index contributed by atoms with van der Waals surface area (Å²) in [7, 11) is 0. The van der Waals surface area contributed by atoms with E-state index in [1.807, 2.05) is 19.1 Å². The molecule has 1 aliphatic carbocycles. The van der Waals surface area contributed by atoms with Gasteiger partial charge in [-0.05, 0) is 56.9 Å². The predicted octanol–water partition coefficient (Wildman–Crippen LogP) is 2.96. The molecule has 3 heterocycles. The van der Waals surface area contributed by atoms with E-state index in [1.54, 1.807) is 0 Å². The van der Waals surface area contributed by atoms with Crippen LogP contribution < -0.4 is 4.90 Å². The molecule has 1 aromatic carbocycles. The first-order valence-corrected chi connectivity index (χ1v) is 11.4. The third-order valence-electron chi connectivity index (χ3n) is 6.98. The second-order valence-electron chi connectivity index (χ2n) is 8.92. The molecule has 1 atom stereocenters. The summed E-state index contributed by atoms with van der Waals surface area (Å²) < 4.78 is 5.25. The maximum absolute atomic E-state index is 13.2. The van der Waals surface area contributed by atoms with Gasteiger partial charge in [-0.3, -0.25) is 9.69 Å². The lowest BCUT2D eigenvalue weighted by molar-refractivity contribution is -0.134. The van der Waals surface area contributed by atoms with E-state index >= 15 is 0 Å². The number of aromatic nitrogens is 2. The largest absolute Gasteiger partial charge is 0.371 e. The maximum atomic E-state index is 13.2. The Labute approximate surface area is 178 Å². The van der Waals surface area contributed by atoms with Crippen LogP contribution >= 0.6 is 0 Å². The van der Waals surface area contributed by atoms with Crippen LogP contribution in [-0.2, 0) is 4.79 Å². The quantitative estimate of drug-likeness (QED) is 0.774. The molecule has 0 N–H and O–H groups in total. The number of benzene rings is 1. The van der Waals surface area contributed by atoms with Crippen LogP contribution in [0.15, 0.2) is 28.8 Å². The van der Waals surface area contributed by atoms with Gasteiger partial charge in [-0.15, -0.1) is 0 Å². The number of amides is 1. The van der Waals surface area contributed by atoms with Crippen LogP contribution in [0.2, 0.25) is 0 Å². The fraction of sp³-hybridized carbons (Fsp3) is 0.609. The zero-order valence-corrected chi connectivity index (χ0v) is 17.8. The van der Waals surface area contributed by atoms with Gasteiger partial charge in [-0.2, -0.15) is 4.98 Å². The minimum atomic E-state index is 0.110. The lowest BCUT2D eigenvalue weighted by Crippen LogP contribution is -2.43. The molecule has 1 saturated carbocycles. The summed E-state index contributed by atoms with van der Waals surface area (Å²) in [6, 6.07) is 8.98. The maximum Gasteiger partial charge on any atom is 0.257 e. The fourth-order valence-electron chi connectivity index (χ4n) is 4.96. The van der Waals surface area contributed by atoms with E-state index in [9.17, 15) is 4.79 Å². The van der Waals surface area contributed by atoms with Gasteiger partial charge in [0.05, 0.1) is 5.92 Å². The molecular weight excluding hydrogens is 378 g/mol. The number of nitrogens with zero attached hydrogens (tertiary/aromatic N) is 5. The van der Waals surface area contributed by atoms with Crippen molar-refractivity contribution in [3.63, 3.8) is 0 Å².